The molecule has 0 saturated carbocycles. The Morgan fingerprint density at radius 1 is 0.223 bits per heavy atom. The lowest BCUT2D eigenvalue weighted by Gasteiger charge is -2.49. The highest BCUT2D eigenvalue weighted by molar-refractivity contribution is 5.00. The van der Waals surface area contributed by atoms with Crippen LogP contribution >= 0.6 is 0 Å². The summed E-state index contributed by atoms with van der Waals surface area (Å²) < 4.78 is 97.1. The third-order valence-corrected chi connectivity index (χ3v) is 17.5. The molecule has 9 fully saturated rings. The highest BCUT2D eigenvalue weighted by Gasteiger charge is 2.58. The summed E-state index contributed by atoms with van der Waals surface area (Å²) >= 11 is 0. The van der Waals surface area contributed by atoms with E-state index in [1.54, 1.807) is 0 Å². The predicted octanol–water partition coefficient (Wildman–Crippen LogP) is -18.7. The molecule has 94 heavy (non-hydrogen) atoms. The van der Waals surface area contributed by atoms with Gasteiger partial charge in [0.05, 0.1) is 59.5 Å². The first-order valence-corrected chi connectivity index (χ1v) is 29.9. The summed E-state index contributed by atoms with van der Waals surface area (Å²) in [4.78, 5) is 0. The Morgan fingerprint density at radius 3 is 0.894 bits per heavy atom. The largest absolute Gasteiger partial charge is 0.394 e. The van der Waals surface area contributed by atoms with Crippen molar-refractivity contribution in [1.82, 2.24) is 0 Å². The molecule has 0 aromatic heterocycles. The Morgan fingerprint density at radius 2 is 0.500 bits per heavy atom. The fourth-order valence-corrected chi connectivity index (χ4v) is 11.8. The Bertz CT molecular complexity index is 2290. The van der Waals surface area contributed by atoms with Gasteiger partial charge in [0.15, 0.2) is 56.6 Å². The van der Waals surface area contributed by atoms with Gasteiger partial charge in [0.2, 0.25) is 0 Å². The molecule has 9 aliphatic rings. The van der Waals surface area contributed by atoms with E-state index in [1.165, 1.54) is 0 Å². The lowest BCUT2D eigenvalue weighted by Crippen LogP contribution is -2.68. The van der Waals surface area contributed by atoms with Gasteiger partial charge < -0.3 is 213 Å². The molecule has 0 spiro atoms. The molecule has 0 aromatic rings. The van der Waals surface area contributed by atoms with Crippen LogP contribution in [0.2, 0.25) is 0 Å². The highest BCUT2D eigenvalue weighted by atomic mass is 16.8. The molecule has 26 N–H and O–H groups in total. The van der Waals surface area contributed by atoms with Crippen molar-refractivity contribution in [3.63, 3.8) is 0 Å². The summed E-state index contributed by atoms with van der Waals surface area (Å²) in [6, 6.07) is 0. The van der Waals surface area contributed by atoms with E-state index >= 15 is 0 Å². The highest BCUT2D eigenvalue weighted by Crippen LogP contribution is 2.38. The van der Waals surface area contributed by atoms with E-state index < -0.39 is 318 Å². The van der Waals surface area contributed by atoms with Gasteiger partial charge >= 0.3 is 0 Å². The molecule has 9 aliphatic heterocycles. The summed E-state index contributed by atoms with van der Waals surface area (Å²) in [5.74, 6) is 0. The Kier molecular flexibility index (Phi) is 26.8. The molecular formula is C51H86O43. The molecule has 0 aliphatic carbocycles. The molecule has 9 rings (SSSR count). The normalized spacial score (nSPS) is 53.9. The van der Waals surface area contributed by atoms with Crippen molar-refractivity contribution in [2.24, 2.45) is 0 Å². The zero-order valence-electron chi connectivity index (χ0n) is 49.2. The van der Waals surface area contributed by atoms with Crippen LogP contribution in [0.3, 0.4) is 0 Å². The average molecular weight is 1390 g/mol. The fourth-order valence-electron chi connectivity index (χ4n) is 11.8. The topological polar surface area (TPSA) is 683 Å². The first-order chi connectivity index (χ1) is 44.5. The van der Waals surface area contributed by atoms with Crippen molar-refractivity contribution in [3.8, 4) is 0 Å². The van der Waals surface area contributed by atoms with Gasteiger partial charge in [-0.2, -0.15) is 0 Å². The maximum Gasteiger partial charge on any atom is 0.187 e. The van der Waals surface area contributed by atoms with E-state index in [4.69, 9.17) is 80.5 Å². The molecule has 43 nitrogen and oxygen atoms in total. The quantitative estimate of drug-likeness (QED) is 0.0479. The van der Waals surface area contributed by atoms with Crippen LogP contribution in [-0.2, 0) is 80.5 Å². The molecular weight excluding hydrogens is 1300 g/mol. The second-order valence-corrected chi connectivity index (χ2v) is 24.0. The van der Waals surface area contributed by atoms with Crippen molar-refractivity contribution in [3.05, 3.63) is 0 Å². The number of hydrogen-bond donors (Lipinski definition) is 26. The van der Waals surface area contributed by atoms with Crippen LogP contribution in [0.5, 0.6) is 0 Å². The van der Waals surface area contributed by atoms with Gasteiger partial charge in [-0.1, -0.05) is 0 Å². The van der Waals surface area contributed by atoms with Crippen LogP contribution < -0.4 is 0 Å². The summed E-state index contributed by atoms with van der Waals surface area (Å²) in [6.45, 7) is -7.83. The second kappa shape index (κ2) is 32.9. The van der Waals surface area contributed by atoms with Gasteiger partial charge in [0.25, 0.3) is 0 Å². The van der Waals surface area contributed by atoms with Crippen LogP contribution in [0.1, 0.15) is 0 Å². The monoisotopic (exact) mass is 1390 g/mol. The number of aliphatic hydroxyl groups excluding tert-OH is 26. The molecule has 9 heterocycles. The van der Waals surface area contributed by atoms with Gasteiger partial charge in [0.1, 0.15) is 201 Å². The maximum atomic E-state index is 12.1. The molecule has 0 radical (unpaired) electrons. The fraction of sp³-hybridized carbons (Fsp3) is 1.00. The zero-order valence-corrected chi connectivity index (χ0v) is 49.2. The predicted molar refractivity (Wildman–Crippen MR) is 279 cm³/mol. The first-order valence-electron chi connectivity index (χ1n) is 29.9. The van der Waals surface area contributed by atoms with E-state index in [9.17, 15) is 133 Å². The van der Waals surface area contributed by atoms with Gasteiger partial charge in [-0.25, -0.2) is 0 Å². The van der Waals surface area contributed by atoms with Crippen molar-refractivity contribution < 1.29 is 213 Å². The third-order valence-electron chi connectivity index (χ3n) is 17.5. The van der Waals surface area contributed by atoms with Gasteiger partial charge in [-0.15, -0.1) is 0 Å². The molecule has 0 amide bonds. The van der Waals surface area contributed by atoms with Crippen LogP contribution in [0, 0.1) is 0 Å². The number of rotatable bonds is 22. The molecule has 0 aromatic carbocycles. The molecule has 0 bridgehead atoms. The average Bonchev–Trinajstić information content (AvgIpc) is 0.783. The van der Waals surface area contributed by atoms with Gasteiger partial charge in [-0.3, -0.25) is 0 Å². The lowest BCUT2D eigenvalue weighted by molar-refractivity contribution is -0.397. The van der Waals surface area contributed by atoms with Crippen molar-refractivity contribution in [2.45, 2.75) is 258 Å². The molecule has 9 saturated heterocycles. The van der Waals surface area contributed by atoms with Gasteiger partial charge in [0, 0.05) is 0 Å². The summed E-state index contributed by atoms with van der Waals surface area (Å²) in [5, 5.41) is 280. The Labute approximate surface area is 530 Å². The third kappa shape index (κ3) is 16.3. The zero-order chi connectivity index (χ0) is 68.6. The molecule has 548 valence electrons. The molecule has 42 atom stereocenters. The van der Waals surface area contributed by atoms with E-state index in [-0.39, 0.29) is 0 Å². The Hall–Kier alpha value is -1.72. The molecule has 16 unspecified atom stereocenters. The van der Waals surface area contributed by atoms with Crippen molar-refractivity contribution in [2.75, 3.05) is 59.5 Å². The van der Waals surface area contributed by atoms with Crippen LogP contribution in [-0.4, -0.2) is 450 Å². The number of aliphatic hydroxyl groups is 26. The standard InChI is InChI=1S/C51H86O43/c52-1-13-22(61)25(64)33(72)45(85-13)93-41-20(59)11(56)5-79-50(41)82-8-17-39(91-47-35(74)27(66)24(63)16(87-47)7-81-44-32(71)19(58)10(55)4-78-44)30(69)37(76)49(89-17)92-40-18(88-48(36(75)29(40)68)90-38-15(3-54)84-43(77)31(70)28(38)67)9-83-51-42(21(60)12(57)6-80-51)94-46-34(73)26(65)23(62)14(2-53)86-46/h10-77H,1-9H2/t10-,11+,12-,13?,14?,15+,16?,17+,18?,19+,20?,21+,22+,23+,24-,25+,26+,27+,28?,29-,30?,31?,32?,33?,34+,35?,36?,37?,38-,39-,40-,41?,42?,43-,44-,45+,46?,47+,48+,49+,50+,51-/m1/s1. The van der Waals surface area contributed by atoms with E-state index in [1.807, 2.05) is 0 Å². The van der Waals surface area contributed by atoms with Crippen LogP contribution in [0.25, 0.3) is 0 Å². The summed E-state index contributed by atoms with van der Waals surface area (Å²) in [7, 11) is 0. The minimum absolute atomic E-state index is 0.534. The smallest absolute Gasteiger partial charge is 0.187 e. The number of hydrogen-bond acceptors (Lipinski definition) is 43. The van der Waals surface area contributed by atoms with Crippen LogP contribution in [0.4, 0.5) is 0 Å². The van der Waals surface area contributed by atoms with Gasteiger partial charge in [-0.05, 0) is 0 Å². The van der Waals surface area contributed by atoms with E-state index in [2.05, 4.69) is 0 Å². The molecule has 43 heteroatoms. The van der Waals surface area contributed by atoms with E-state index in [0.29, 0.717) is 0 Å². The summed E-state index contributed by atoms with van der Waals surface area (Å²) in [6.07, 6.45) is -84.5. The SMILES string of the molecule is OCC1OC(OC2[C@@H](OCC3O[C@@H](O[C@H]4C(O)C(O)[C@H](O)O[C@H]4CO)C(O)[C@@H](O)[C@@H]3O[C@@H]3O[C@@H](CO[C@@H]4OC[C@H](O)C(O)C4O[C@@H]4OC(CO)[C@H](O)[C@H](O)C4O)[C@@H](O[C@@H]4OC(CO[C@H]5OC[C@@H](O)[C@H](O)C5O)[C@@H](O)[C@H](O)C4O)C(O)C3O)OC[C@@H](O)[C@@H]2O)[C@@H](O)[C@@H](O)[C@H]1O. The first kappa shape index (κ1) is 76.5. The Balaban J connectivity index is 1.00. The van der Waals surface area contributed by atoms with Crippen molar-refractivity contribution >= 4 is 0 Å². The second-order valence-electron chi connectivity index (χ2n) is 24.0. The maximum absolute atomic E-state index is 12.1. The van der Waals surface area contributed by atoms with Crippen LogP contribution in [0.15, 0.2) is 0 Å². The summed E-state index contributed by atoms with van der Waals surface area (Å²) in [5.41, 5.74) is 0. The lowest BCUT2D eigenvalue weighted by atomic mass is 9.95. The minimum atomic E-state index is -2.48. The van der Waals surface area contributed by atoms with Crippen molar-refractivity contribution in [1.29, 1.82) is 0 Å². The van der Waals surface area contributed by atoms with E-state index in [0.717, 1.165) is 0 Å². The minimum Gasteiger partial charge on any atom is -0.394 e. The number of ether oxygens (including phenoxy) is 17.